The largest absolute Gasteiger partial charge is 0.353 e. The van der Waals surface area contributed by atoms with E-state index in [2.05, 4.69) is 43.8 Å². The van der Waals surface area contributed by atoms with Crippen LogP contribution in [-0.2, 0) is 23.5 Å². The van der Waals surface area contributed by atoms with E-state index in [1.54, 1.807) is 30.1 Å². The first kappa shape index (κ1) is 23.8. The molecule has 1 N–H and O–H groups in total. The highest BCUT2D eigenvalue weighted by Gasteiger charge is 2.22. The number of sulfonamides is 1. The lowest BCUT2D eigenvalue weighted by Crippen LogP contribution is -2.46. The third-order valence-corrected chi connectivity index (χ3v) is 8.63. The molecule has 1 saturated heterocycles. The second kappa shape index (κ2) is 9.96. The van der Waals surface area contributed by atoms with Gasteiger partial charge in [0.15, 0.2) is 5.03 Å². The molecule has 8 nitrogen and oxygen atoms in total. The van der Waals surface area contributed by atoms with Crippen LogP contribution in [0.1, 0.15) is 17.8 Å². The van der Waals surface area contributed by atoms with Crippen molar-refractivity contribution >= 4 is 43.1 Å². The standard InChI is InChI=1S/C25H30N6O2S2/c1-19-26-24(18-29(19)2)35(32,33)28-22-11-5-3-8-20(22)9-7-13-30-14-16-31(17-15-30)25-21-10-4-6-12-23(21)34-27-25/h3-6,8,10-12,18,28H,7,9,13-17H2,1-2H3. The van der Waals surface area contributed by atoms with Crippen LogP contribution >= 0.6 is 11.5 Å². The molecule has 10 heteroatoms. The highest BCUT2D eigenvalue weighted by atomic mass is 32.2. The van der Waals surface area contributed by atoms with Crippen molar-refractivity contribution < 1.29 is 8.42 Å². The maximum Gasteiger partial charge on any atom is 0.280 e. The molecule has 4 aromatic rings. The quantitative estimate of drug-likeness (QED) is 0.387. The number of fused-ring (bicyclic) bond motifs is 1. The van der Waals surface area contributed by atoms with Crippen molar-refractivity contribution in [1.82, 2.24) is 18.8 Å². The molecule has 0 aliphatic carbocycles. The summed E-state index contributed by atoms with van der Waals surface area (Å²) in [6, 6.07) is 16.0. The van der Waals surface area contributed by atoms with Crippen LogP contribution in [-0.4, -0.2) is 60.0 Å². The van der Waals surface area contributed by atoms with Gasteiger partial charge in [-0.15, -0.1) is 0 Å². The maximum absolute atomic E-state index is 12.8. The first-order valence-corrected chi connectivity index (χ1v) is 14.1. The summed E-state index contributed by atoms with van der Waals surface area (Å²) in [6.07, 6.45) is 3.30. The van der Waals surface area contributed by atoms with Crippen molar-refractivity contribution in [1.29, 1.82) is 0 Å². The highest BCUT2D eigenvalue weighted by molar-refractivity contribution is 7.92. The van der Waals surface area contributed by atoms with Crippen LogP contribution in [0.3, 0.4) is 0 Å². The first-order valence-electron chi connectivity index (χ1n) is 11.8. The lowest BCUT2D eigenvalue weighted by Gasteiger charge is -2.35. The number of nitrogens with zero attached hydrogens (tertiary/aromatic N) is 5. The minimum atomic E-state index is -3.73. The molecule has 184 valence electrons. The molecule has 0 amide bonds. The minimum Gasteiger partial charge on any atom is -0.353 e. The number of hydrogen-bond acceptors (Lipinski definition) is 7. The minimum absolute atomic E-state index is 0.0399. The van der Waals surface area contributed by atoms with E-state index in [1.165, 1.54) is 16.3 Å². The second-order valence-corrected chi connectivity index (χ2v) is 11.4. The first-order chi connectivity index (χ1) is 16.9. The van der Waals surface area contributed by atoms with Gasteiger partial charge in [0.25, 0.3) is 10.0 Å². The number of anilines is 2. The van der Waals surface area contributed by atoms with E-state index in [0.29, 0.717) is 11.5 Å². The molecule has 1 aliphatic rings. The average molecular weight is 511 g/mol. The molecule has 0 radical (unpaired) electrons. The topological polar surface area (TPSA) is 83.4 Å². The maximum atomic E-state index is 12.8. The summed E-state index contributed by atoms with van der Waals surface area (Å²) < 4.78 is 36.1. The van der Waals surface area contributed by atoms with E-state index in [-0.39, 0.29) is 5.03 Å². The third-order valence-electron chi connectivity index (χ3n) is 6.57. The van der Waals surface area contributed by atoms with E-state index < -0.39 is 10.0 Å². The fraction of sp³-hybridized carbons (Fsp3) is 0.360. The molecule has 5 rings (SSSR count). The van der Waals surface area contributed by atoms with Crippen molar-refractivity contribution in [3.8, 4) is 0 Å². The number of piperazine rings is 1. The van der Waals surface area contributed by atoms with Crippen LogP contribution in [0, 0.1) is 6.92 Å². The van der Waals surface area contributed by atoms with Crippen LogP contribution < -0.4 is 9.62 Å². The number of aromatic nitrogens is 3. The second-order valence-electron chi connectivity index (χ2n) is 8.93. The summed E-state index contributed by atoms with van der Waals surface area (Å²) in [5.74, 6) is 1.76. The van der Waals surface area contributed by atoms with Crippen LogP contribution in [0.15, 0.2) is 59.8 Å². The Morgan fingerprint density at radius 1 is 1.03 bits per heavy atom. The SMILES string of the molecule is Cc1nc(S(=O)(=O)Nc2ccccc2CCCN2CCN(c3nsc4ccccc34)CC2)cn1C. The Morgan fingerprint density at radius 2 is 1.77 bits per heavy atom. The summed E-state index contributed by atoms with van der Waals surface area (Å²) in [4.78, 5) is 9.04. The molecule has 1 fully saturated rings. The molecule has 0 atom stereocenters. The van der Waals surface area contributed by atoms with Gasteiger partial charge >= 0.3 is 0 Å². The van der Waals surface area contributed by atoms with Crippen molar-refractivity contribution in [2.75, 3.05) is 42.3 Å². The fourth-order valence-electron chi connectivity index (χ4n) is 4.47. The molecule has 2 aromatic carbocycles. The average Bonchev–Trinajstić information content (AvgIpc) is 3.44. The zero-order valence-electron chi connectivity index (χ0n) is 20.0. The van der Waals surface area contributed by atoms with Gasteiger partial charge in [0.05, 0.1) is 10.4 Å². The van der Waals surface area contributed by atoms with Gasteiger partial charge in [0.2, 0.25) is 0 Å². The lowest BCUT2D eigenvalue weighted by atomic mass is 10.1. The molecule has 35 heavy (non-hydrogen) atoms. The van der Waals surface area contributed by atoms with Gasteiger partial charge in [-0.05, 0) is 61.6 Å². The number of nitrogens with one attached hydrogen (secondary N) is 1. The molecule has 3 heterocycles. The van der Waals surface area contributed by atoms with E-state index in [0.717, 1.165) is 56.9 Å². The molecule has 0 spiro atoms. The van der Waals surface area contributed by atoms with E-state index in [9.17, 15) is 8.42 Å². The van der Waals surface area contributed by atoms with Crippen molar-refractivity contribution in [2.24, 2.45) is 7.05 Å². The van der Waals surface area contributed by atoms with Crippen molar-refractivity contribution in [3.63, 3.8) is 0 Å². The Bertz CT molecular complexity index is 1400. The summed E-state index contributed by atoms with van der Waals surface area (Å²) in [7, 11) is -1.94. The fourth-order valence-corrected chi connectivity index (χ4v) is 6.41. The Labute approximate surface area is 210 Å². The van der Waals surface area contributed by atoms with Crippen LogP contribution in [0.2, 0.25) is 0 Å². The van der Waals surface area contributed by atoms with Crippen LogP contribution in [0.5, 0.6) is 0 Å². The van der Waals surface area contributed by atoms with Crippen molar-refractivity contribution in [2.45, 2.75) is 24.8 Å². The molecular formula is C25H30N6O2S2. The highest BCUT2D eigenvalue weighted by Crippen LogP contribution is 2.30. The predicted octanol–water partition coefficient (Wildman–Crippen LogP) is 3.89. The lowest BCUT2D eigenvalue weighted by molar-refractivity contribution is 0.255. The molecular weight excluding hydrogens is 480 g/mol. The number of benzene rings is 2. The number of para-hydroxylation sites is 1. The molecule has 0 unspecified atom stereocenters. The molecule has 0 saturated carbocycles. The monoisotopic (exact) mass is 510 g/mol. The van der Waals surface area contributed by atoms with Crippen LogP contribution in [0.4, 0.5) is 11.5 Å². The summed E-state index contributed by atoms with van der Waals surface area (Å²) >= 11 is 1.57. The summed E-state index contributed by atoms with van der Waals surface area (Å²) in [6.45, 7) is 6.69. The number of aryl methyl sites for hydroxylation is 3. The predicted molar refractivity (Wildman–Crippen MR) is 142 cm³/mol. The molecule has 1 aliphatic heterocycles. The Morgan fingerprint density at radius 3 is 2.54 bits per heavy atom. The molecule has 0 bridgehead atoms. The van der Waals surface area contributed by atoms with Gasteiger partial charge in [-0.3, -0.25) is 9.62 Å². The summed E-state index contributed by atoms with van der Waals surface area (Å²) in [5.41, 5.74) is 1.62. The number of rotatable bonds is 8. The number of imidazole rings is 1. The van der Waals surface area contributed by atoms with Crippen LogP contribution in [0.25, 0.3) is 10.1 Å². The Balaban J connectivity index is 1.16. The smallest absolute Gasteiger partial charge is 0.280 e. The Hall–Kier alpha value is -2.95. The van der Waals surface area contributed by atoms with Gasteiger partial charge < -0.3 is 9.47 Å². The zero-order valence-corrected chi connectivity index (χ0v) is 21.6. The van der Waals surface area contributed by atoms with E-state index in [4.69, 9.17) is 4.37 Å². The zero-order chi connectivity index (χ0) is 24.4. The molecule has 2 aromatic heterocycles. The van der Waals surface area contributed by atoms with Gasteiger partial charge in [0, 0.05) is 44.8 Å². The van der Waals surface area contributed by atoms with Gasteiger partial charge in [0.1, 0.15) is 11.6 Å². The third kappa shape index (κ3) is 5.19. The number of hydrogen-bond donors (Lipinski definition) is 1. The summed E-state index contributed by atoms with van der Waals surface area (Å²) in [5, 5.41) is 1.28. The Kier molecular flexibility index (Phi) is 6.77. The van der Waals surface area contributed by atoms with E-state index >= 15 is 0 Å². The van der Waals surface area contributed by atoms with Gasteiger partial charge in [-0.2, -0.15) is 12.8 Å². The van der Waals surface area contributed by atoms with Crippen molar-refractivity contribution in [3.05, 3.63) is 66.1 Å². The van der Waals surface area contributed by atoms with Gasteiger partial charge in [-0.1, -0.05) is 30.3 Å². The van der Waals surface area contributed by atoms with Gasteiger partial charge in [-0.25, -0.2) is 4.98 Å². The van der Waals surface area contributed by atoms with E-state index in [1.807, 2.05) is 24.3 Å². The normalized spacial score (nSPS) is 15.1.